The average Bonchev–Trinajstić information content (AvgIpc) is 2.63. The zero-order valence-electron chi connectivity index (χ0n) is 15.0. The van der Waals surface area contributed by atoms with Crippen LogP contribution in [0, 0.1) is 6.92 Å². The van der Waals surface area contributed by atoms with E-state index < -0.39 is 18.0 Å². The molecule has 2 aromatic carbocycles. The summed E-state index contributed by atoms with van der Waals surface area (Å²) in [5.74, 6) is -0.653. The molecule has 1 N–H and O–H groups in total. The fourth-order valence-corrected chi connectivity index (χ4v) is 2.38. The molecule has 0 spiro atoms. The lowest BCUT2D eigenvalue weighted by molar-refractivity contribution is -0.155. The number of hydrogen-bond acceptors (Lipinski definition) is 4. The molecule has 0 bridgehead atoms. The number of aryl methyl sites for hydroxylation is 2. The first kappa shape index (κ1) is 19.8. The van der Waals surface area contributed by atoms with E-state index in [1.165, 1.54) is 12.5 Å². The van der Waals surface area contributed by atoms with Crippen LogP contribution in [0.15, 0.2) is 42.5 Å². The van der Waals surface area contributed by atoms with Crippen LogP contribution in [0.1, 0.15) is 25.0 Å². The molecule has 1 amide bonds. The lowest BCUT2D eigenvalue weighted by atomic mass is 10.1. The molecule has 0 aliphatic rings. The van der Waals surface area contributed by atoms with Crippen LogP contribution in [0.3, 0.4) is 0 Å². The van der Waals surface area contributed by atoms with Crippen LogP contribution in [0.4, 0.5) is 5.69 Å². The second kappa shape index (κ2) is 9.25. The molecule has 5 nitrogen and oxygen atoms in total. The number of amides is 1. The maximum Gasteiger partial charge on any atom is 0.344 e. The van der Waals surface area contributed by atoms with E-state index in [0.29, 0.717) is 16.5 Å². The summed E-state index contributed by atoms with van der Waals surface area (Å²) < 4.78 is 10.5. The predicted molar refractivity (Wildman–Crippen MR) is 102 cm³/mol. The average molecular weight is 376 g/mol. The fourth-order valence-electron chi connectivity index (χ4n) is 2.21. The Labute approximate surface area is 158 Å². The molecule has 0 saturated heterocycles. The van der Waals surface area contributed by atoms with Crippen molar-refractivity contribution in [3.63, 3.8) is 0 Å². The van der Waals surface area contributed by atoms with E-state index in [1.54, 1.807) is 12.1 Å². The molecule has 0 aromatic heterocycles. The Hall–Kier alpha value is -2.53. The van der Waals surface area contributed by atoms with Gasteiger partial charge < -0.3 is 14.8 Å². The van der Waals surface area contributed by atoms with Crippen molar-refractivity contribution < 1.29 is 19.1 Å². The highest BCUT2D eigenvalue weighted by atomic mass is 35.5. The standard InChI is InChI=1S/C20H22ClNO4/c1-4-15-6-8-16(9-7-15)22-20(24)14(3)26-19(23)12-25-18-11-13(2)5-10-17(18)21/h5-11,14H,4,12H2,1-3H3,(H,22,24)/t14-/m1/s1. The smallest absolute Gasteiger partial charge is 0.344 e. The van der Waals surface area contributed by atoms with Gasteiger partial charge in [-0.1, -0.05) is 36.7 Å². The van der Waals surface area contributed by atoms with Crippen molar-refractivity contribution in [1.82, 2.24) is 0 Å². The van der Waals surface area contributed by atoms with E-state index in [9.17, 15) is 9.59 Å². The minimum absolute atomic E-state index is 0.327. The quantitative estimate of drug-likeness (QED) is 0.738. The Kier molecular flexibility index (Phi) is 7.04. The highest BCUT2D eigenvalue weighted by Crippen LogP contribution is 2.25. The van der Waals surface area contributed by atoms with Crippen molar-refractivity contribution in [3.8, 4) is 5.75 Å². The van der Waals surface area contributed by atoms with Crippen molar-refractivity contribution >= 4 is 29.2 Å². The SMILES string of the molecule is CCc1ccc(NC(=O)[C@@H](C)OC(=O)COc2cc(C)ccc2Cl)cc1. The molecule has 0 heterocycles. The maximum absolute atomic E-state index is 12.1. The second-order valence-corrected chi connectivity index (χ2v) is 6.30. The maximum atomic E-state index is 12.1. The molecule has 0 fully saturated rings. The monoisotopic (exact) mass is 375 g/mol. The Balaban J connectivity index is 1.83. The molecule has 26 heavy (non-hydrogen) atoms. The summed E-state index contributed by atoms with van der Waals surface area (Å²) in [6.45, 7) is 5.13. The molecule has 138 valence electrons. The number of ether oxygens (including phenoxy) is 2. The third-order valence-electron chi connectivity index (χ3n) is 3.74. The van der Waals surface area contributed by atoms with Gasteiger partial charge in [0.1, 0.15) is 5.75 Å². The molecule has 2 rings (SSSR count). The predicted octanol–water partition coefficient (Wildman–Crippen LogP) is 4.16. The number of hydrogen-bond donors (Lipinski definition) is 1. The number of benzene rings is 2. The fraction of sp³-hybridized carbons (Fsp3) is 0.300. The van der Waals surface area contributed by atoms with Crippen molar-refractivity contribution in [2.24, 2.45) is 0 Å². The summed E-state index contributed by atoms with van der Waals surface area (Å²) >= 11 is 6.01. The van der Waals surface area contributed by atoms with Gasteiger partial charge in [0.25, 0.3) is 5.91 Å². The van der Waals surface area contributed by atoms with E-state index >= 15 is 0 Å². The molecule has 0 saturated carbocycles. The Morgan fingerprint density at radius 1 is 1.15 bits per heavy atom. The Morgan fingerprint density at radius 3 is 2.50 bits per heavy atom. The first-order chi connectivity index (χ1) is 12.4. The molecule has 0 aliphatic heterocycles. The Morgan fingerprint density at radius 2 is 1.85 bits per heavy atom. The van der Waals surface area contributed by atoms with Gasteiger partial charge in [0.05, 0.1) is 5.02 Å². The third-order valence-corrected chi connectivity index (χ3v) is 4.05. The second-order valence-electron chi connectivity index (χ2n) is 5.89. The van der Waals surface area contributed by atoms with E-state index in [2.05, 4.69) is 12.2 Å². The molecule has 0 aliphatic carbocycles. The number of rotatable bonds is 7. The van der Waals surface area contributed by atoms with E-state index in [4.69, 9.17) is 21.1 Å². The van der Waals surface area contributed by atoms with Crippen LogP contribution in [-0.4, -0.2) is 24.6 Å². The minimum atomic E-state index is -0.940. The molecular formula is C20H22ClNO4. The van der Waals surface area contributed by atoms with Crippen LogP contribution >= 0.6 is 11.6 Å². The van der Waals surface area contributed by atoms with Gasteiger partial charge in [-0.25, -0.2) is 4.79 Å². The molecule has 1 atom stereocenters. The summed E-state index contributed by atoms with van der Waals surface area (Å²) in [6, 6.07) is 12.8. The van der Waals surface area contributed by atoms with Crippen molar-refractivity contribution in [2.45, 2.75) is 33.3 Å². The van der Waals surface area contributed by atoms with E-state index in [0.717, 1.165) is 12.0 Å². The molecule has 0 unspecified atom stereocenters. The number of esters is 1. The summed E-state index contributed by atoms with van der Waals surface area (Å²) in [5, 5.41) is 3.12. The van der Waals surface area contributed by atoms with Crippen LogP contribution < -0.4 is 10.1 Å². The highest BCUT2D eigenvalue weighted by Gasteiger charge is 2.18. The molecule has 2 aromatic rings. The lowest BCUT2D eigenvalue weighted by Gasteiger charge is -2.14. The van der Waals surface area contributed by atoms with E-state index in [1.807, 2.05) is 37.3 Å². The highest BCUT2D eigenvalue weighted by molar-refractivity contribution is 6.32. The van der Waals surface area contributed by atoms with Crippen LogP contribution in [0.2, 0.25) is 5.02 Å². The third kappa shape index (κ3) is 5.77. The summed E-state index contributed by atoms with van der Waals surface area (Å²) in [7, 11) is 0. The lowest BCUT2D eigenvalue weighted by Crippen LogP contribution is -2.31. The van der Waals surface area contributed by atoms with Gasteiger partial charge in [0.15, 0.2) is 12.7 Å². The van der Waals surface area contributed by atoms with E-state index in [-0.39, 0.29) is 6.61 Å². The number of nitrogens with one attached hydrogen (secondary N) is 1. The first-order valence-electron chi connectivity index (χ1n) is 8.37. The largest absolute Gasteiger partial charge is 0.480 e. The Bertz CT molecular complexity index is 774. The first-order valence-corrected chi connectivity index (χ1v) is 8.75. The van der Waals surface area contributed by atoms with Crippen molar-refractivity contribution in [1.29, 1.82) is 0 Å². The van der Waals surface area contributed by atoms with Gasteiger partial charge in [0, 0.05) is 5.69 Å². The van der Waals surface area contributed by atoms with Crippen molar-refractivity contribution in [3.05, 3.63) is 58.6 Å². The summed E-state index contributed by atoms with van der Waals surface area (Å²) in [4.78, 5) is 24.0. The van der Waals surface area contributed by atoms with Gasteiger partial charge in [-0.15, -0.1) is 0 Å². The zero-order valence-corrected chi connectivity index (χ0v) is 15.8. The van der Waals surface area contributed by atoms with Gasteiger partial charge in [-0.05, 0) is 55.7 Å². The molecule has 6 heteroatoms. The number of carbonyl (C=O) groups excluding carboxylic acids is 2. The van der Waals surface area contributed by atoms with Crippen LogP contribution in [0.5, 0.6) is 5.75 Å². The topological polar surface area (TPSA) is 64.6 Å². The van der Waals surface area contributed by atoms with Crippen LogP contribution in [0.25, 0.3) is 0 Å². The number of carbonyl (C=O) groups is 2. The van der Waals surface area contributed by atoms with Crippen LogP contribution in [-0.2, 0) is 20.7 Å². The van der Waals surface area contributed by atoms with Gasteiger partial charge >= 0.3 is 5.97 Å². The summed E-state index contributed by atoms with van der Waals surface area (Å²) in [5.41, 5.74) is 2.78. The summed E-state index contributed by atoms with van der Waals surface area (Å²) in [6.07, 6.45) is -0.0161. The number of anilines is 1. The minimum Gasteiger partial charge on any atom is -0.480 e. The molecule has 0 radical (unpaired) electrons. The van der Waals surface area contributed by atoms with Crippen molar-refractivity contribution in [2.75, 3.05) is 11.9 Å². The molecular weight excluding hydrogens is 354 g/mol. The number of halogens is 1. The van der Waals surface area contributed by atoms with Gasteiger partial charge in [-0.3, -0.25) is 4.79 Å². The van der Waals surface area contributed by atoms with Gasteiger partial charge in [0.2, 0.25) is 0 Å². The van der Waals surface area contributed by atoms with Gasteiger partial charge in [-0.2, -0.15) is 0 Å². The normalized spacial score (nSPS) is 11.5. The zero-order chi connectivity index (χ0) is 19.1.